The van der Waals surface area contributed by atoms with E-state index in [1.54, 1.807) is 18.2 Å². The standard InChI is InChI=1S/C19H22IN3O7/c20-13-5-3-4-12(10-13)18(28)22-11-16(25)23-14(19(29)30)6-1-2-9-21-15(24)7-8-17(26)27/h3-5,7-8,10,14H,1-2,6,9,11H2,(H,21,24)(H,22,28)(H,23,25)(H,26,27)(H,29,30)/b8-7-/t14-/m0/s1. The highest BCUT2D eigenvalue weighted by molar-refractivity contribution is 14.1. The van der Waals surface area contributed by atoms with Crippen LogP contribution in [0, 0.1) is 3.57 Å². The number of carboxylic acid groups (broad SMARTS) is 2. The van der Waals surface area contributed by atoms with Gasteiger partial charge >= 0.3 is 11.9 Å². The molecule has 0 saturated heterocycles. The van der Waals surface area contributed by atoms with Gasteiger partial charge in [0, 0.05) is 27.8 Å². The lowest BCUT2D eigenvalue weighted by Gasteiger charge is -2.15. The molecule has 0 aromatic heterocycles. The van der Waals surface area contributed by atoms with Crippen LogP contribution in [0.3, 0.4) is 0 Å². The molecule has 1 rings (SSSR count). The van der Waals surface area contributed by atoms with Crippen LogP contribution in [0.2, 0.25) is 0 Å². The monoisotopic (exact) mass is 531 g/mol. The molecule has 11 heteroatoms. The number of aliphatic carboxylic acids is 2. The number of benzene rings is 1. The predicted molar refractivity (Wildman–Crippen MR) is 115 cm³/mol. The maximum atomic E-state index is 12.0. The third-order valence-electron chi connectivity index (χ3n) is 3.73. The normalized spacial score (nSPS) is 11.5. The number of hydrogen-bond donors (Lipinski definition) is 5. The summed E-state index contributed by atoms with van der Waals surface area (Å²) in [5.41, 5.74) is 0.393. The molecule has 0 unspecified atom stereocenters. The average molecular weight is 531 g/mol. The minimum absolute atomic E-state index is 0.132. The Kier molecular flexibility index (Phi) is 11.1. The first-order valence-corrected chi connectivity index (χ1v) is 10.0. The van der Waals surface area contributed by atoms with Crippen LogP contribution < -0.4 is 16.0 Å². The summed E-state index contributed by atoms with van der Waals surface area (Å²) in [5.74, 6) is -4.08. The number of unbranched alkanes of at least 4 members (excludes halogenated alkanes) is 1. The summed E-state index contributed by atoms with van der Waals surface area (Å²) in [6.45, 7) is -0.130. The fourth-order valence-corrected chi connectivity index (χ4v) is 2.83. The second kappa shape index (κ2) is 13.3. The molecule has 0 heterocycles. The molecular formula is C19H22IN3O7. The highest BCUT2D eigenvalue weighted by Gasteiger charge is 2.19. The Morgan fingerprint density at radius 2 is 1.77 bits per heavy atom. The van der Waals surface area contributed by atoms with Gasteiger partial charge in [0.25, 0.3) is 5.91 Å². The number of hydrogen-bond acceptors (Lipinski definition) is 5. The summed E-state index contributed by atoms with van der Waals surface area (Å²) >= 11 is 2.06. The SMILES string of the molecule is O=C(O)/C=C\C(=O)NCCCC[C@H](NC(=O)CNC(=O)c1cccc(I)c1)C(=O)O. The van der Waals surface area contributed by atoms with Crippen molar-refractivity contribution in [2.24, 2.45) is 0 Å². The summed E-state index contributed by atoms with van der Waals surface area (Å²) in [7, 11) is 0. The number of carboxylic acids is 2. The number of carbonyl (C=O) groups is 5. The zero-order valence-corrected chi connectivity index (χ0v) is 18.0. The van der Waals surface area contributed by atoms with Gasteiger partial charge in [-0.1, -0.05) is 6.07 Å². The molecule has 0 aliphatic heterocycles. The zero-order chi connectivity index (χ0) is 22.5. The Labute approximate surface area is 186 Å². The summed E-state index contributed by atoms with van der Waals surface area (Å²) in [6.07, 6.45) is 2.56. The van der Waals surface area contributed by atoms with Gasteiger partial charge in [0.2, 0.25) is 11.8 Å². The molecule has 10 nitrogen and oxygen atoms in total. The molecule has 162 valence electrons. The van der Waals surface area contributed by atoms with E-state index in [9.17, 15) is 29.1 Å². The fourth-order valence-electron chi connectivity index (χ4n) is 2.29. The number of rotatable bonds is 12. The van der Waals surface area contributed by atoms with E-state index in [0.717, 1.165) is 9.65 Å². The van der Waals surface area contributed by atoms with Crippen molar-refractivity contribution in [1.82, 2.24) is 16.0 Å². The average Bonchev–Trinajstić information content (AvgIpc) is 2.69. The van der Waals surface area contributed by atoms with Gasteiger partial charge in [-0.25, -0.2) is 9.59 Å². The van der Waals surface area contributed by atoms with Gasteiger partial charge in [-0.2, -0.15) is 0 Å². The minimum atomic E-state index is -1.24. The molecule has 0 aliphatic rings. The third-order valence-corrected chi connectivity index (χ3v) is 4.40. The number of carbonyl (C=O) groups excluding carboxylic acids is 3. The molecule has 0 radical (unpaired) electrons. The quantitative estimate of drug-likeness (QED) is 0.149. The van der Waals surface area contributed by atoms with E-state index < -0.39 is 35.7 Å². The fraction of sp³-hybridized carbons (Fsp3) is 0.316. The van der Waals surface area contributed by atoms with Gasteiger partial charge in [0.15, 0.2) is 0 Å². The molecule has 0 spiro atoms. The van der Waals surface area contributed by atoms with Crippen LogP contribution in [0.4, 0.5) is 0 Å². The van der Waals surface area contributed by atoms with E-state index in [4.69, 9.17) is 5.11 Å². The van der Waals surface area contributed by atoms with Crippen molar-refractivity contribution >= 4 is 52.3 Å². The van der Waals surface area contributed by atoms with Gasteiger partial charge in [0.1, 0.15) is 6.04 Å². The van der Waals surface area contributed by atoms with Crippen molar-refractivity contribution < 1.29 is 34.2 Å². The summed E-state index contributed by atoms with van der Waals surface area (Å²) in [4.78, 5) is 56.9. The predicted octanol–water partition coefficient (Wildman–Crippen LogP) is 0.518. The third kappa shape index (κ3) is 10.5. The van der Waals surface area contributed by atoms with Crippen molar-refractivity contribution in [3.05, 3.63) is 45.6 Å². The van der Waals surface area contributed by atoms with E-state index in [1.807, 2.05) is 6.07 Å². The molecule has 1 atom stereocenters. The Balaban J connectivity index is 2.34. The number of nitrogens with one attached hydrogen (secondary N) is 3. The van der Waals surface area contributed by atoms with Gasteiger partial charge < -0.3 is 26.2 Å². The topological polar surface area (TPSA) is 162 Å². The maximum absolute atomic E-state index is 12.0. The highest BCUT2D eigenvalue weighted by Crippen LogP contribution is 2.07. The zero-order valence-electron chi connectivity index (χ0n) is 15.9. The maximum Gasteiger partial charge on any atom is 0.328 e. The van der Waals surface area contributed by atoms with Gasteiger partial charge in [0.05, 0.1) is 6.54 Å². The number of amides is 3. The highest BCUT2D eigenvalue weighted by atomic mass is 127. The molecule has 0 fully saturated rings. The second-order valence-electron chi connectivity index (χ2n) is 6.11. The van der Waals surface area contributed by atoms with Crippen LogP contribution in [0.25, 0.3) is 0 Å². The Hall–Kier alpha value is -2.96. The van der Waals surface area contributed by atoms with Gasteiger partial charge in [-0.05, 0) is 60.1 Å². The largest absolute Gasteiger partial charge is 0.480 e. The first-order chi connectivity index (χ1) is 14.2. The van der Waals surface area contributed by atoms with E-state index in [-0.39, 0.29) is 19.5 Å². The molecule has 5 N–H and O–H groups in total. The number of halogens is 1. The van der Waals surface area contributed by atoms with Gasteiger partial charge in [-0.15, -0.1) is 0 Å². The molecular weight excluding hydrogens is 509 g/mol. The van der Waals surface area contributed by atoms with Gasteiger partial charge in [-0.3, -0.25) is 14.4 Å². The molecule has 30 heavy (non-hydrogen) atoms. The van der Waals surface area contributed by atoms with Crippen LogP contribution in [0.5, 0.6) is 0 Å². The Morgan fingerprint density at radius 3 is 2.40 bits per heavy atom. The lowest BCUT2D eigenvalue weighted by Crippen LogP contribution is -2.45. The molecule has 1 aromatic carbocycles. The van der Waals surface area contributed by atoms with E-state index >= 15 is 0 Å². The van der Waals surface area contributed by atoms with Crippen molar-refractivity contribution in [2.75, 3.05) is 13.1 Å². The van der Waals surface area contributed by atoms with Crippen molar-refractivity contribution in [1.29, 1.82) is 0 Å². The first-order valence-electron chi connectivity index (χ1n) is 8.94. The Morgan fingerprint density at radius 1 is 1.03 bits per heavy atom. The lowest BCUT2D eigenvalue weighted by molar-refractivity contribution is -0.141. The Bertz CT molecular complexity index is 826. The van der Waals surface area contributed by atoms with E-state index in [2.05, 4.69) is 38.5 Å². The summed E-state index contributed by atoms with van der Waals surface area (Å²) < 4.78 is 0.866. The molecule has 0 bridgehead atoms. The summed E-state index contributed by atoms with van der Waals surface area (Å²) in [5, 5.41) is 24.9. The molecule has 0 saturated carbocycles. The van der Waals surface area contributed by atoms with Crippen LogP contribution >= 0.6 is 22.6 Å². The van der Waals surface area contributed by atoms with Crippen LogP contribution in [0.1, 0.15) is 29.6 Å². The molecule has 0 aliphatic carbocycles. The van der Waals surface area contributed by atoms with Crippen molar-refractivity contribution in [3.8, 4) is 0 Å². The molecule has 3 amide bonds. The van der Waals surface area contributed by atoms with Crippen LogP contribution in [-0.2, 0) is 19.2 Å². The smallest absolute Gasteiger partial charge is 0.328 e. The van der Waals surface area contributed by atoms with Crippen LogP contribution in [-0.4, -0.2) is 59.0 Å². The second-order valence-corrected chi connectivity index (χ2v) is 7.36. The minimum Gasteiger partial charge on any atom is -0.480 e. The van der Waals surface area contributed by atoms with Crippen molar-refractivity contribution in [2.45, 2.75) is 25.3 Å². The van der Waals surface area contributed by atoms with E-state index in [0.29, 0.717) is 24.5 Å². The van der Waals surface area contributed by atoms with Crippen LogP contribution in [0.15, 0.2) is 36.4 Å². The van der Waals surface area contributed by atoms with Crippen molar-refractivity contribution in [3.63, 3.8) is 0 Å². The lowest BCUT2D eigenvalue weighted by atomic mass is 10.1. The molecule has 1 aromatic rings. The van der Waals surface area contributed by atoms with E-state index in [1.165, 1.54) is 0 Å². The summed E-state index contributed by atoms with van der Waals surface area (Å²) in [6, 6.07) is 5.66. The first kappa shape index (κ1) is 25.1.